The zero-order valence-corrected chi connectivity index (χ0v) is 10.9. The Bertz CT molecular complexity index is 850. The number of nitrogens with zero attached hydrogens (tertiary/aromatic N) is 2. The van der Waals surface area contributed by atoms with Gasteiger partial charge in [-0.2, -0.15) is 0 Å². The van der Waals surface area contributed by atoms with E-state index in [1.165, 1.54) is 27.9 Å². The quantitative estimate of drug-likeness (QED) is 0.690. The first-order chi connectivity index (χ1) is 8.58. The Kier molecular flexibility index (Phi) is 2.54. The van der Waals surface area contributed by atoms with Crippen LogP contribution in [0.2, 0.25) is 0 Å². The zero-order chi connectivity index (χ0) is 12.9. The van der Waals surface area contributed by atoms with Gasteiger partial charge in [0, 0.05) is 11.1 Å². The van der Waals surface area contributed by atoms with Gasteiger partial charge in [0.25, 0.3) is 5.56 Å². The third kappa shape index (κ3) is 1.59. The molecule has 18 heavy (non-hydrogen) atoms. The maximum atomic E-state index is 12.3. The molecule has 0 amide bonds. The molecule has 0 aliphatic rings. The van der Waals surface area contributed by atoms with Gasteiger partial charge in [0.15, 0.2) is 16.0 Å². The van der Waals surface area contributed by atoms with Gasteiger partial charge < -0.3 is 4.55 Å². The van der Waals surface area contributed by atoms with Crippen molar-refractivity contribution in [1.82, 2.24) is 9.38 Å². The third-order valence-corrected chi connectivity index (χ3v) is 4.30. The van der Waals surface area contributed by atoms with Crippen LogP contribution in [0.25, 0.3) is 15.9 Å². The molecule has 0 radical (unpaired) electrons. The van der Waals surface area contributed by atoms with Crippen LogP contribution >= 0.6 is 11.3 Å². The molecule has 1 atom stereocenters. The van der Waals surface area contributed by atoms with Crippen molar-refractivity contribution in [1.29, 1.82) is 0 Å². The predicted molar refractivity (Wildman–Crippen MR) is 70.6 cm³/mol. The fourth-order valence-corrected chi connectivity index (χ4v) is 3.10. The number of aryl methyl sites for hydroxylation is 1. The minimum Gasteiger partial charge on any atom is -0.302 e. The Morgan fingerprint density at radius 2 is 2.22 bits per heavy atom. The lowest BCUT2D eigenvalue weighted by Crippen LogP contribution is -2.15. The number of hydrogen-bond acceptors (Lipinski definition) is 4. The maximum Gasteiger partial charge on any atom is 0.266 e. The van der Waals surface area contributed by atoms with Crippen molar-refractivity contribution in [3.8, 4) is 0 Å². The molecule has 0 aliphatic carbocycles. The Labute approximate surface area is 108 Å². The van der Waals surface area contributed by atoms with Crippen molar-refractivity contribution in [2.24, 2.45) is 0 Å². The lowest BCUT2D eigenvalue weighted by atomic mass is 10.2. The van der Waals surface area contributed by atoms with Gasteiger partial charge >= 0.3 is 0 Å². The van der Waals surface area contributed by atoms with Gasteiger partial charge in [0.05, 0.1) is 15.8 Å². The molecular formula is C11H8N2O3S2. The first-order valence-electron chi connectivity index (χ1n) is 5.09. The van der Waals surface area contributed by atoms with Crippen molar-refractivity contribution < 1.29 is 8.76 Å². The van der Waals surface area contributed by atoms with Crippen LogP contribution < -0.4 is 5.56 Å². The molecule has 2 heterocycles. The smallest absolute Gasteiger partial charge is 0.266 e. The summed E-state index contributed by atoms with van der Waals surface area (Å²) in [6, 6.07) is 4.52. The molecule has 0 bridgehead atoms. The van der Waals surface area contributed by atoms with E-state index in [0.29, 0.717) is 15.9 Å². The predicted octanol–water partition coefficient (Wildman–Crippen LogP) is 1.80. The van der Waals surface area contributed by atoms with Gasteiger partial charge in [-0.15, -0.1) is 11.3 Å². The fraction of sp³-hybridized carbons (Fsp3) is 0.0909. The summed E-state index contributed by atoms with van der Waals surface area (Å²) in [5, 5.41) is 2.21. The van der Waals surface area contributed by atoms with E-state index in [1.54, 1.807) is 6.07 Å². The molecule has 1 unspecified atom stereocenters. The van der Waals surface area contributed by atoms with E-state index in [1.807, 2.05) is 12.3 Å². The lowest BCUT2D eigenvalue weighted by Gasteiger charge is -2.01. The summed E-state index contributed by atoms with van der Waals surface area (Å²) < 4.78 is 21.6. The van der Waals surface area contributed by atoms with Gasteiger partial charge in [-0.1, -0.05) is 0 Å². The standard InChI is InChI=1S/C11H8N2O3S2/c1-6-5-17-11-12-9-3-2-7(18(15)16)4-8(9)10(14)13(6)11/h2-5H,1H3,(H,15,16). The Hall–Kier alpha value is -1.57. The summed E-state index contributed by atoms with van der Waals surface area (Å²) in [7, 11) is 0. The molecular weight excluding hydrogens is 272 g/mol. The fourth-order valence-electron chi connectivity index (χ4n) is 1.83. The highest BCUT2D eigenvalue weighted by Gasteiger charge is 2.10. The van der Waals surface area contributed by atoms with E-state index >= 15 is 0 Å². The second kappa shape index (κ2) is 3.98. The van der Waals surface area contributed by atoms with Crippen LogP contribution in [0.3, 0.4) is 0 Å². The van der Waals surface area contributed by atoms with E-state index in [9.17, 15) is 9.00 Å². The largest absolute Gasteiger partial charge is 0.302 e. The summed E-state index contributed by atoms with van der Waals surface area (Å²) >= 11 is -0.700. The summed E-state index contributed by atoms with van der Waals surface area (Å²) in [5.74, 6) is 0. The van der Waals surface area contributed by atoms with E-state index in [-0.39, 0.29) is 10.5 Å². The van der Waals surface area contributed by atoms with E-state index in [2.05, 4.69) is 4.98 Å². The molecule has 0 fully saturated rings. The van der Waals surface area contributed by atoms with Crippen molar-refractivity contribution in [2.75, 3.05) is 0 Å². The molecule has 0 saturated carbocycles. The van der Waals surface area contributed by atoms with Crippen LogP contribution in [-0.2, 0) is 11.1 Å². The molecule has 3 rings (SSSR count). The number of thiazole rings is 1. The number of rotatable bonds is 1. The lowest BCUT2D eigenvalue weighted by molar-refractivity contribution is 0.564. The van der Waals surface area contributed by atoms with E-state index in [4.69, 9.17) is 4.55 Å². The molecule has 0 aliphatic heterocycles. The van der Waals surface area contributed by atoms with Crippen molar-refractivity contribution in [3.63, 3.8) is 0 Å². The monoisotopic (exact) mass is 280 g/mol. The third-order valence-electron chi connectivity index (χ3n) is 2.70. The summed E-state index contributed by atoms with van der Waals surface area (Å²) in [4.78, 5) is 17.5. The van der Waals surface area contributed by atoms with Gasteiger partial charge in [-0.05, 0) is 25.1 Å². The molecule has 0 saturated heterocycles. The van der Waals surface area contributed by atoms with Crippen LogP contribution in [0.15, 0.2) is 33.3 Å². The Morgan fingerprint density at radius 1 is 1.44 bits per heavy atom. The number of fused-ring (bicyclic) bond motifs is 2. The van der Waals surface area contributed by atoms with Crippen molar-refractivity contribution in [2.45, 2.75) is 11.8 Å². The number of aromatic nitrogens is 2. The van der Waals surface area contributed by atoms with Crippen molar-refractivity contribution >= 4 is 38.3 Å². The molecule has 92 valence electrons. The van der Waals surface area contributed by atoms with Crippen molar-refractivity contribution in [3.05, 3.63) is 39.6 Å². The summed E-state index contributed by atoms with van der Waals surface area (Å²) in [6.45, 7) is 1.83. The second-order valence-electron chi connectivity index (χ2n) is 3.84. The van der Waals surface area contributed by atoms with Crippen LogP contribution in [0, 0.1) is 6.92 Å². The highest BCUT2D eigenvalue weighted by Crippen LogP contribution is 2.17. The van der Waals surface area contributed by atoms with Gasteiger partial charge in [0.2, 0.25) is 0 Å². The molecule has 5 nitrogen and oxygen atoms in total. The Balaban J connectivity index is 2.51. The zero-order valence-electron chi connectivity index (χ0n) is 9.28. The molecule has 1 aromatic carbocycles. The molecule has 1 N–H and O–H groups in total. The van der Waals surface area contributed by atoms with E-state index in [0.717, 1.165) is 5.69 Å². The van der Waals surface area contributed by atoms with Gasteiger partial charge in [-0.25, -0.2) is 9.19 Å². The van der Waals surface area contributed by atoms with Gasteiger partial charge in [-0.3, -0.25) is 9.20 Å². The highest BCUT2D eigenvalue weighted by atomic mass is 32.2. The number of benzene rings is 1. The first-order valence-corrected chi connectivity index (χ1v) is 7.08. The van der Waals surface area contributed by atoms with Crippen LogP contribution in [-0.4, -0.2) is 18.1 Å². The second-order valence-corrected chi connectivity index (χ2v) is 5.65. The average Bonchev–Trinajstić information content (AvgIpc) is 2.71. The highest BCUT2D eigenvalue weighted by molar-refractivity contribution is 7.79. The molecule has 3 aromatic rings. The average molecular weight is 280 g/mol. The van der Waals surface area contributed by atoms with Gasteiger partial charge in [0.1, 0.15) is 0 Å². The molecule has 0 spiro atoms. The first kappa shape index (κ1) is 11.5. The SMILES string of the molecule is Cc1csc2nc3ccc(S(=O)O)cc3c(=O)n12. The summed E-state index contributed by atoms with van der Waals surface area (Å²) in [6.07, 6.45) is 0. The maximum absolute atomic E-state index is 12.3. The topological polar surface area (TPSA) is 71.7 Å². The Morgan fingerprint density at radius 3 is 2.94 bits per heavy atom. The minimum atomic E-state index is -2.10. The minimum absolute atomic E-state index is 0.203. The van der Waals surface area contributed by atoms with Crippen LogP contribution in [0.5, 0.6) is 0 Å². The molecule has 7 heteroatoms. The van der Waals surface area contributed by atoms with Crippen LogP contribution in [0.4, 0.5) is 0 Å². The normalized spacial score (nSPS) is 13.2. The van der Waals surface area contributed by atoms with E-state index < -0.39 is 11.1 Å². The number of hydrogen-bond donors (Lipinski definition) is 1. The van der Waals surface area contributed by atoms with Crippen LogP contribution in [0.1, 0.15) is 5.69 Å². The molecule has 2 aromatic heterocycles. The summed E-state index contributed by atoms with van der Waals surface area (Å²) in [5.41, 5.74) is 1.14.